The van der Waals surface area contributed by atoms with Crippen LogP contribution in [0.5, 0.6) is 0 Å². The molecule has 0 bridgehead atoms. The molecule has 0 saturated heterocycles. The molecular formula is C30H38F3NOSi. The van der Waals surface area contributed by atoms with Crippen LogP contribution in [0.25, 0.3) is 0 Å². The Morgan fingerprint density at radius 1 is 0.944 bits per heavy atom. The summed E-state index contributed by atoms with van der Waals surface area (Å²) in [5.41, 5.74) is 2.52. The SMILES string of the molecule is C[SiH2]OC1CC(C)(C)CC2N=C(C3CCCC3)C(C(F)c3ccc(F)cc3)C(c3ccc(F)cc3)C21. The van der Waals surface area contributed by atoms with Gasteiger partial charge in [-0.3, -0.25) is 4.99 Å². The fourth-order valence-electron chi connectivity index (χ4n) is 7.30. The summed E-state index contributed by atoms with van der Waals surface area (Å²) in [6.07, 6.45) is 4.88. The first kappa shape index (κ1) is 25.7. The largest absolute Gasteiger partial charge is 0.421 e. The summed E-state index contributed by atoms with van der Waals surface area (Å²) < 4.78 is 51.0. The number of hydrogen-bond donors (Lipinski definition) is 0. The molecule has 2 aliphatic carbocycles. The van der Waals surface area contributed by atoms with Gasteiger partial charge in [0.15, 0.2) is 9.76 Å². The van der Waals surface area contributed by atoms with Crippen LogP contribution in [0.3, 0.4) is 0 Å². The Labute approximate surface area is 215 Å². The first-order valence-electron chi connectivity index (χ1n) is 13.6. The smallest absolute Gasteiger partial charge is 0.158 e. The van der Waals surface area contributed by atoms with E-state index in [1.165, 1.54) is 24.3 Å². The molecule has 0 aromatic heterocycles. The Balaban J connectivity index is 1.68. The lowest BCUT2D eigenvalue weighted by atomic mass is 9.57. The quantitative estimate of drug-likeness (QED) is 0.370. The van der Waals surface area contributed by atoms with E-state index in [0.717, 1.165) is 49.8 Å². The lowest BCUT2D eigenvalue weighted by Crippen LogP contribution is -2.53. The van der Waals surface area contributed by atoms with Crippen molar-refractivity contribution in [3.8, 4) is 0 Å². The Kier molecular flexibility index (Phi) is 7.46. The van der Waals surface area contributed by atoms with Gasteiger partial charge in [-0.2, -0.15) is 0 Å². The van der Waals surface area contributed by atoms with Gasteiger partial charge in [0.2, 0.25) is 0 Å². The normalized spacial score (nSPS) is 31.4. The number of halogens is 3. The lowest BCUT2D eigenvalue weighted by molar-refractivity contribution is -0.00710. The highest BCUT2D eigenvalue weighted by Gasteiger charge is 2.54. The van der Waals surface area contributed by atoms with Crippen molar-refractivity contribution >= 4 is 15.5 Å². The van der Waals surface area contributed by atoms with E-state index < -0.39 is 21.9 Å². The van der Waals surface area contributed by atoms with E-state index >= 15 is 4.39 Å². The molecule has 0 amide bonds. The zero-order valence-corrected chi connectivity index (χ0v) is 23.0. The molecule has 0 radical (unpaired) electrons. The minimum Gasteiger partial charge on any atom is -0.421 e. The highest BCUT2D eigenvalue weighted by atomic mass is 28.2. The van der Waals surface area contributed by atoms with Crippen molar-refractivity contribution in [2.45, 2.75) is 83.2 Å². The second kappa shape index (κ2) is 10.4. The zero-order valence-electron chi connectivity index (χ0n) is 21.6. The molecule has 0 spiro atoms. The summed E-state index contributed by atoms with van der Waals surface area (Å²) in [6.45, 7) is 6.72. The number of benzene rings is 2. The number of alkyl halides is 1. The van der Waals surface area contributed by atoms with Crippen LogP contribution >= 0.6 is 0 Å². The van der Waals surface area contributed by atoms with Crippen LogP contribution in [-0.2, 0) is 4.43 Å². The van der Waals surface area contributed by atoms with E-state index in [4.69, 9.17) is 9.42 Å². The molecule has 2 fully saturated rings. The van der Waals surface area contributed by atoms with Crippen molar-refractivity contribution in [2.24, 2.45) is 28.2 Å². The number of nitrogens with zero attached hydrogens (tertiary/aromatic N) is 1. The second-order valence-corrected chi connectivity index (χ2v) is 12.7. The third-order valence-electron chi connectivity index (χ3n) is 8.76. The van der Waals surface area contributed by atoms with E-state index in [1.807, 2.05) is 12.1 Å². The predicted molar refractivity (Wildman–Crippen MR) is 142 cm³/mol. The van der Waals surface area contributed by atoms with Crippen LogP contribution in [0, 0.1) is 34.8 Å². The summed E-state index contributed by atoms with van der Waals surface area (Å²) in [5, 5.41) is 0. The molecule has 2 saturated carbocycles. The third-order valence-corrected chi connectivity index (χ3v) is 9.52. The lowest BCUT2D eigenvalue weighted by Gasteiger charge is -2.53. The fraction of sp³-hybridized carbons (Fsp3) is 0.567. The Morgan fingerprint density at radius 2 is 1.56 bits per heavy atom. The molecule has 2 aromatic rings. The van der Waals surface area contributed by atoms with E-state index in [9.17, 15) is 8.78 Å². The van der Waals surface area contributed by atoms with Gasteiger partial charge in [0, 0.05) is 23.5 Å². The molecule has 2 aromatic carbocycles. The predicted octanol–water partition coefficient (Wildman–Crippen LogP) is 7.34. The molecule has 1 aliphatic heterocycles. The molecule has 3 aliphatic rings. The van der Waals surface area contributed by atoms with Gasteiger partial charge >= 0.3 is 0 Å². The molecule has 36 heavy (non-hydrogen) atoms. The Bertz CT molecular complexity index is 1060. The van der Waals surface area contributed by atoms with Crippen molar-refractivity contribution < 1.29 is 17.6 Å². The maximum Gasteiger partial charge on any atom is 0.158 e. The van der Waals surface area contributed by atoms with Gasteiger partial charge in [-0.25, -0.2) is 13.2 Å². The van der Waals surface area contributed by atoms with Crippen LogP contribution in [-0.4, -0.2) is 27.6 Å². The number of fused-ring (bicyclic) bond motifs is 1. The minimum atomic E-state index is -1.32. The van der Waals surface area contributed by atoms with Crippen molar-refractivity contribution in [1.82, 2.24) is 0 Å². The first-order chi connectivity index (χ1) is 17.3. The molecule has 6 heteroatoms. The van der Waals surface area contributed by atoms with Crippen LogP contribution < -0.4 is 0 Å². The maximum absolute atomic E-state index is 16.8. The van der Waals surface area contributed by atoms with Crippen molar-refractivity contribution in [3.05, 3.63) is 71.3 Å². The van der Waals surface area contributed by atoms with Gasteiger partial charge in [0.1, 0.15) is 17.8 Å². The molecule has 5 rings (SSSR count). The van der Waals surface area contributed by atoms with Crippen LogP contribution in [0.15, 0.2) is 53.5 Å². The van der Waals surface area contributed by atoms with Crippen molar-refractivity contribution in [1.29, 1.82) is 0 Å². The van der Waals surface area contributed by atoms with Crippen molar-refractivity contribution in [3.63, 3.8) is 0 Å². The van der Waals surface area contributed by atoms with Gasteiger partial charge < -0.3 is 4.43 Å². The van der Waals surface area contributed by atoms with E-state index in [2.05, 4.69) is 20.4 Å². The van der Waals surface area contributed by atoms with E-state index in [0.29, 0.717) is 5.56 Å². The van der Waals surface area contributed by atoms with Crippen LogP contribution in [0.1, 0.15) is 75.6 Å². The average Bonchev–Trinajstić information content (AvgIpc) is 3.38. The number of hydrogen-bond acceptors (Lipinski definition) is 2. The molecule has 6 atom stereocenters. The summed E-state index contributed by atoms with van der Waals surface area (Å²) in [4.78, 5) is 5.42. The van der Waals surface area contributed by atoms with Gasteiger partial charge in [-0.15, -0.1) is 0 Å². The average molecular weight is 514 g/mol. The monoisotopic (exact) mass is 513 g/mol. The minimum absolute atomic E-state index is 0.00210. The summed E-state index contributed by atoms with van der Waals surface area (Å²) >= 11 is 0. The van der Waals surface area contributed by atoms with E-state index in [-0.39, 0.29) is 46.9 Å². The van der Waals surface area contributed by atoms with Gasteiger partial charge in [-0.1, -0.05) is 57.5 Å². The summed E-state index contributed by atoms with van der Waals surface area (Å²) in [5.74, 6) is -1.01. The number of rotatable bonds is 6. The Hall–Kier alpha value is -1.92. The molecule has 6 unspecified atom stereocenters. The summed E-state index contributed by atoms with van der Waals surface area (Å²) in [7, 11) is -0.699. The third kappa shape index (κ3) is 5.08. The molecule has 2 nitrogen and oxygen atoms in total. The zero-order chi connectivity index (χ0) is 25.4. The standard InChI is InChI=1S/C30H38F3NOSi/c1-30(2)16-23-26(24(17-30)35-36-3)25(18-8-12-21(31)13-9-18)27(29(34-23)20-6-4-5-7-20)28(33)19-10-14-22(32)15-11-19/h8-15,20,23-28H,4-7,16-17,36H2,1-3H3. The maximum atomic E-state index is 16.8. The van der Waals surface area contributed by atoms with Crippen LogP contribution in [0.4, 0.5) is 13.2 Å². The fourth-order valence-corrected chi connectivity index (χ4v) is 8.07. The topological polar surface area (TPSA) is 21.6 Å². The highest BCUT2D eigenvalue weighted by molar-refractivity contribution is 6.24. The molecular weight excluding hydrogens is 475 g/mol. The molecule has 194 valence electrons. The second-order valence-electron chi connectivity index (χ2n) is 11.8. The van der Waals surface area contributed by atoms with E-state index in [1.54, 1.807) is 12.1 Å². The molecule has 0 N–H and O–H groups in total. The van der Waals surface area contributed by atoms with Crippen molar-refractivity contribution in [2.75, 3.05) is 0 Å². The highest BCUT2D eigenvalue weighted by Crippen LogP contribution is 2.55. The van der Waals surface area contributed by atoms with Gasteiger partial charge in [0.05, 0.1) is 12.1 Å². The summed E-state index contributed by atoms with van der Waals surface area (Å²) in [6, 6.07) is 12.5. The number of aliphatic imine (C=N–C) groups is 1. The Morgan fingerprint density at radius 3 is 2.17 bits per heavy atom. The van der Waals surface area contributed by atoms with Gasteiger partial charge in [-0.05, 0) is 72.4 Å². The van der Waals surface area contributed by atoms with Crippen LogP contribution in [0.2, 0.25) is 6.55 Å². The van der Waals surface area contributed by atoms with Gasteiger partial charge in [0.25, 0.3) is 0 Å². The molecule has 1 heterocycles. The first-order valence-corrected chi connectivity index (χ1v) is 15.6.